The number of rotatable bonds is 4. The summed E-state index contributed by atoms with van der Waals surface area (Å²) in [5.41, 5.74) is 2.35. The van der Waals surface area contributed by atoms with Gasteiger partial charge in [0.05, 0.1) is 0 Å². The molecule has 2 N–H and O–H groups in total. The zero-order valence-corrected chi connectivity index (χ0v) is 10.00. The zero-order chi connectivity index (χ0) is 11.2. The molecule has 2 rings (SSSR count). The maximum absolute atomic E-state index is 4.29. The third-order valence-corrected chi connectivity index (χ3v) is 3.10. The molecular formula is C13H21N3. The van der Waals surface area contributed by atoms with Crippen molar-refractivity contribution < 1.29 is 0 Å². The number of hydrogen-bond acceptors (Lipinski definition) is 3. The summed E-state index contributed by atoms with van der Waals surface area (Å²) in [5.74, 6) is 0. The van der Waals surface area contributed by atoms with Crippen LogP contribution in [0.4, 0.5) is 0 Å². The van der Waals surface area contributed by atoms with Crippen LogP contribution >= 0.6 is 0 Å². The van der Waals surface area contributed by atoms with Gasteiger partial charge in [0.2, 0.25) is 0 Å². The van der Waals surface area contributed by atoms with Gasteiger partial charge in [0.25, 0.3) is 0 Å². The van der Waals surface area contributed by atoms with Gasteiger partial charge >= 0.3 is 0 Å². The summed E-state index contributed by atoms with van der Waals surface area (Å²) in [6.45, 7) is 5.18. The molecule has 1 unspecified atom stereocenters. The molecule has 1 saturated heterocycles. The molecule has 1 aromatic heterocycles. The highest BCUT2D eigenvalue weighted by atomic mass is 15.0. The predicted octanol–water partition coefficient (Wildman–Crippen LogP) is 1.62. The molecule has 2 heterocycles. The summed E-state index contributed by atoms with van der Waals surface area (Å²) in [6, 6.07) is 4.87. The molecule has 1 atom stereocenters. The van der Waals surface area contributed by atoms with Gasteiger partial charge in [-0.05, 0) is 37.9 Å². The van der Waals surface area contributed by atoms with Crippen LogP contribution in [0.15, 0.2) is 18.3 Å². The van der Waals surface area contributed by atoms with E-state index in [9.17, 15) is 0 Å². The van der Waals surface area contributed by atoms with Gasteiger partial charge in [0.1, 0.15) is 0 Å². The average Bonchev–Trinajstić information content (AvgIpc) is 2.33. The summed E-state index contributed by atoms with van der Waals surface area (Å²) in [5, 5.41) is 7.02. The van der Waals surface area contributed by atoms with Crippen LogP contribution in [0.2, 0.25) is 0 Å². The van der Waals surface area contributed by atoms with Gasteiger partial charge in [-0.3, -0.25) is 4.98 Å². The van der Waals surface area contributed by atoms with E-state index in [1.165, 1.54) is 31.4 Å². The van der Waals surface area contributed by atoms with Gasteiger partial charge < -0.3 is 10.6 Å². The smallest absolute Gasteiger partial charge is 0.0372 e. The Labute approximate surface area is 97.7 Å². The van der Waals surface area contributed by atoms with Gasteiger partial charge in [0.15, 0.2) is 0 Å². The summed E-state index contributed by atoms with van der Waals surface area (Å²) < 4.78 is 0. The van der Waals surface area contributed by atoms with Crippen LogP contribution in [0.25, 0.3) is 0 Å². The molecule has 1 aliphatic rings. The standard InChI is InChI=1S/C13H21N3/c1-11-5-6-12(9-16-11)8-14-10-13-4-2-3-7-15-13/h5-6,9,13-15H,2-4,7-8,10H2,1H3. The van der Waals surface area contributed by atoms with E-state index in [0.717, 1.165) is 18.8 Å². The molecule has 88 valence electrons. The van der Waals surface area contributed by atoms with Crippen LogP contribution in [0, 0.1) is 6.92 Å². The van der Waals surface area contributed by atoms with E-state index in [1.807, 2.05) is 13.1 Å². The zero-order valence-electron chi connectivity index (χ0n) is 10.00. The van der Waals surface area contributed by atoms with Gasteiger partial charge in [0, 0.05) is 31.0 Å². The highest BCUT2D eigenvalue weighted by molar-refractivity contribution is 5.12. The average molecular weight is 219 g/mol. The molecule has 1 fully saturated rings. The van der Waals surface area contributed by atoms with Crippen molar-refractivity contribution in [1.29, 1.82) is 0 Å². The van der Waals surface area contributed by atoms with E-state index >= 15 is 0 Å². The van der Waals surface area contributed by atoms with E-state index in [-0.39, 0.29) is 0 Å². The number of piperidine rings is 1. The van der Waals surface area contributed by atoms with Crippen LogP contribution in [0.5, 0.6) is 0 Å². The first-order chi connectivity index (χ1) is 7.84. The third-order valence-electron chi connectivity index (χ3n) is 3.10. The molecule has 1 aromatic rings. The van der Waals surface area contributed by atoms with E-state index in [2.05, 4.69) is 27.8 Å². The van der Waals surface area contributed by atoms with Crippen LogP contribution in [0.3, 0.4) is 0 Å². The molecular weight excluding hydrogens is 198 g/mol. The van der Waals surface area contributed by atoms with Crippen molar-refractivity contribution in [3.05, 3.63) is 29.6 Å². The molecule has 3 nitrogen and oxygen atoms in total. The maximum Gasteiger partial charge on any atom is 0.0372 e. The van der Waals surface area contributed by atoms with Crippen molar-refractivity contribution in [3.63, 3.8) is 0 Å². The quantitative estimate of drug-likeness (QED) is 0.808. The molecule has 3 heteroatoms. The van der Waals surface area contributed by atoms with Crippen molar-refractivity contribution >= 4 is 0 Å². The molecule has 0 aliphatic carbocycles. The molecule has 0 amide bonds. The van der Waals surface area contributed by atoms with Gasteiger partial charge in [-0.2, -0.15) is 0 Å². The van der Waals surface area contributed by atoms with Crippen LogP contribution < -0.4 is 10.6 Å². The number of aryl methyl sites for hydroxylation is 1. The summed E-state index contributed by atoms with van der Waals surface area (Å²) in [6.07, 6.45) is 5.96. The fourth-order valence-corrected chi connectivity index (χ4v) is 2.09. The first kappa shape index (κ1) is 11.6. The molecule has 0 spiro atoms. The van der Waals surface area contributed by atoms with Crippen molar-refractivity contribution in [2.24, 2.45) is 0 Å². The third kappa shape index (κ3) is 3.58. The van der Waals surface area contributed by atoms with Gasteiger partial charge in [-0.15, -0.1) is 0 Å². The number of nitrogens with one attached hydrogen (secondary N) is 2. The Bertz CT molecular complexity index is 301. The number of hydrogen-bond donors (Lipinski definition) is 2. The minimum absolute atomic E-state index is 0.659. The minimum Gasteiger partial charge on any atom is -0.313 e. The van der Waals surface area contributed by atoms with Crippen LogP contribution in [-0.4, -0.2) is 24.1 Å². The Morgan fingerprint density at radius 3 is 3.06 bits per heavy atom. The predicted molar refractivity (Wildman–Crippen MR) is 66.3 cm³/mol. The van der Waals surface area contributed by atoms with E-state index in [4.69, 9.17) is 0 Å². The normalized spacial score (nSPS) is 20.9. The van der Waals surface area contributed by atoms with E-state index in [0.29, 0.717) is 6.04 Å². The van der Waals surface area contributed by atoms with Crippen molar-refractivity contribution in [2.45, 2.75) is 38.8 Å². The summed E-state index contributed by atoms with van der Waals surface area (Å²) in [7, 11) is 0. The lowest BCUT2D eigenvalue weighted by atomic mass is 10.1. The second kappa shape index (κ2) is 5.97. The SMILES string of the molecule is Cc1ccc(CNCC2CCCCN2)cn1. The topological polar surface area (TPSA) is 37.0 Å². The fourth-order valence-electron chi connectivity index (χ4n) is 2.09. The summed E-state index contributed by atoms with van der Waals surface area (Å²) in [4.78, 5) is 4.29. The lowest BCUT2D eigenvalue weighted by Gasteiger charge is -2.23. The van der Waals surface area contributed by atoms with Crippen molar-refractivity contribution in [2.75, 3.05) is 13.1 Å². The Balaban J connectivity index is 1.69. The molecule has 0 aromatic carbocycles. The Kier molecular flexibility index (Phi) is 4.31. The van der Waals surface area contributed by atoms with Gasteiger partial charge in [-0.25, -0.2) is 0 Å². The molecule has 16 heavy (non-hydrogen) atoms. The van der Waals surface area contributed by atoms with Crippen molar-refractivity contribution in [1.82, 2.24) is 15.6 Å². The number of pyridine rings is 1. The van der Waals surface area contributed by atoms with Crippen LogP contribution in [-0.2, 0) is 6.54 Å². The fraction of sp³-hybridized carbons (Fsp3) is 0.615. The first-order valence-electron chi connectivity index (χ1n) is 6.20. The van der Waals surface area contributed by atoms with Crippen LogP contribution in [0.1, 0.15) is 30.5 Å². The molecule has 1 aliphatic heterocycles. The van der Waals surface area contributed by atoms with Gasteiger partial charge in [-0.1, -0.05) is 12.5 Å². The van der Waals surface area contributed by atoms with E-state index < -0.39 is 0 Å². The molecule has 0 bridgehead atoms. The monoisotopic (exact) mass is 219 g/mol. The second-order valence-electron chi connectivity index (χ2n) is 4.59. The Hall–Kier alpha value is -0.930. The molecule has 0 saturated carbocycles. The lowest BCUT2D eigenvalue weighted by Crippen LogP contribution is -2.41. The number of aromatic nitrogens is 1. The minimum atomic E-state index is 0.659. The first-order valence-corrected chi connectivity index (χ1v) is 6.20. The number of nitrogens with zero attached hydrogens (tertiary/aromatic N) is 1. The lowest BCUT2D eigenvalue weighted by molar-refractivity contribution is 0.383. The largest absolute Gasteiger partial charge is 0.313 e. The maximum atomic E-state index is 4.29. The van der Waals surface area contributed by atoms with Crippen molar-refractivity contribution in [3.8, 4) is 0 Å². The highest BCUT2D eigenvalue weighted by Gasteiger charge is 2.11. The molecule has 0 radical (unpaired) electrons. The van der Waals surface area contributed by atoms with E-state index in [1.54, 1.807) is 0 Å². The Morgan fingerprint density at radius 1 is 1.44 bits per heavy atom. The Morgan fingerprint density at radius 2 is 2.38 bits per heavy atom. The summed E-state index contributed by atoms with van der Waals surface area (Å²) >= 11 is 0. The second-order valence-corrected chi connectivity index (χ2v) is 4.59. The highest BCUT2D eigenvalue weighted by Crippen LogP contribution is 2.06.